The highest BCUT2D eigenvalue weighted by Crippen LogP contribution is 2.49. The van der Waals surface area contributed by atoms with Crippen molar-refractivity contribution in [3.8, 4) is 32.8 Å². The van der Waals surface area contributed by atoms with Crippen molar-refractivity contribution < 1.29 is 0 Å². The molecular formula is C28H21NS. The molecule has 0 unspecified atom stereocenters. The fourth-order valence-electron chi connectivity index (χ4n) is 4.68. The van der Waals surface area contributed by atoms with Crippen LogP contribution >= 0.6 is 11.3 Å². The highest BCUT2D eigenvalue weighted by molar-refractivity contribution is 7.21. The highest BCUT2D eigenvalue weighted by atomic mass is 32.1. The maximum Gasteiger partial charge on any atom is 0.124 e. The molecule has 0 amide bonds. The van der Waals surface area contributed by atoms with E-state index in [9.17, 15) is 0 Å². The van der Waals surface area contributed by atoms with Crippen molar-refractivity contribution in [1.29, 1.82) is 0 Å². The maximum absolute atomic E-state index is 4.79. The lowest BCUT2D eigenvalue weighted by molar-refractivity contribution is 0.660. The summed E-state index contributed by atoms with van der Waals surface area (Å²) in [5, 5.41) is 1.08. The summed E-state index contributed by atoms with van der Waals surface area (Å²) in [4.78, 5) is 4.79. The van der Waals surface area contributed by atoms with Crippen LogP contribution in [0.1, 0.15) is 25.0 Å². The van der Waals surface area contributed by atoms with E-state index in [0.717, 1.165) is 10.5 Å². The van der Waals surface area contributed by atoms with Crippen LogP contribution in [-0.2, 0) is 5.41 Å². The maximum atomic E-state index is 4.79. The summed E-state index contributed by atoms with van der Waals surface area (Å²) in [7, 11) is 0. The van der Waals surface area contributed by atoms with Crippen LogP contribution in [0.5, 0.6) is 0 Å². The van der Waals surface area contributed by atoms with Gasteiger partial charge in [-0.1, -0.05) is 86.6 Å². The first kappa shape index (κ1) is 17.6. The second-order valence-corrected chi connectivity index (χ2v) is 9.53. The van der Waals surface area contributed by atoms with E-state index in [-0.39, 0.29) is 5.41 Å². The number of rotatable bonds is 2. The molecule has 0 spiro atoms. The summed E-state index contributed by atoms with van der Waals surface area (Å²) in [6.07, 6.45) is 0. The topological polar surface area (TPSA) is 12.9 Å². The molecule has 1 nitrogen and oxygen atoms in total. The van der Waals surface area contributed by atoms with Gasteiger partial charge in [0, 0.05) is 11.0 Å². The van der Waals surface area contributed by atoms with Gasteiger partial charge in [-0.05, 0) is 51.6 Å². The van der Waals surface area contributed by atoms with E-state index in [1.807, 2.05) is 6.07 Å². The first-order valence-electron chi connectivity index (χ1n) is 10.3. The minimum Gasteiger partial charge on any atom is -0.236 e. The number of para-hydroxylation sites is 1. The Morgan fingerprint density at radius 1 is 0.633 bits per heavy atom. The molecule has 0 saturated heterocycles. The summed E-state index contributed by atoms with van der Waals surface area (Å²) in [6.45, 7) is 4.66. The number of nitrogens with zero attached hydrogens (tertiary/aromatic N) is 1. The lowest BCUT2D eigenvalue weighted by Crippen LogP contribution is -2.14. The zero-order valence-corrected chi connectivity index (χ0v) is 17.8. The first-order chi connectivity index (χ1) is 14.6. The highest BCUT2D eigenvalue weighted by Gasteiger charge is 2.35. The standard InChI is InChI=1S/C28H21NS/c1-28(2)23-8-4-3-7-21(23)22-16-15-20(17-24(22)28)18-11-13-19(14-12-18)27-29-25-9-5-6-10-26(25)30-27/h3-17H,1-2H3. The smallest absolute Gasteiger partial charge is 0.124 e. The second kappa shape index (κ2) is 6.38. The van der Waals surface area contributed by atoms with Gasteiger partial charge in [0.2, 0.25) is 0 Å². The summed E-state index contributed by atoms with van der Waals surface area (Å²) in [6, 6.07) is 32.9. The molecule has 0 N–H and O–H groups in total. The predicted molar refractivity (Wildman–Crippen MR) is 128 cm³/mol. The molecule has 0 aliphatic heterocycles. The van der Waals surface area contributed by atoms with E-state index >= 15 is 0 Å². The second-order valence-electron chi connectivity index (χ2n) is 8.50. The lowest BCUT2D eigenvalue weighted by Gasteiger charge is -2.22. The van der Waals surface area contributed by atoms with Gasteiger partial charge in [-0.3, -0.25) is 0 Å². The van der Waals surface area contributed by atoms with Gasteiger partial charge in [0.15, 0.2) is 0 Å². The lowest BCUT2D eigenvalue weighted by atomic mass is 9.81. The summed E-state index contributed by atoms with van der Waals surface area (Å²) >= 11 is 1.75. The number of hydrogen-bond acceptors (Lipinski definition) is 2. The molecule has 2 heteroatoms. The average Bonchev–Trinajstić information content (AvgIpc) is 3.32. The van der Waals surface area contributed by atoms with Crippen LogP contribution in [0.2, 0.25) is 0 Å². The van der Waals surface area contributed by atoms with Gasteiger partial charge in [-0.25, -0.2) is 4.98 Å². The molecule has 144 valence electrons. The molecule has 4 aromatic carbocycles. The Morgan fingerprint density at radius 3 is 2.13 bits per heavy atom. The van der Waals surface area contributed by atoms with Crippen LogP contribution in [0.4, 0.5) is 0 Å². The third kappa shape index (κ3) is 2.57. The summed E-state index contributed by atoms with van der Waals surface area (Å²) in [5.41, 5.74) is 10.4. The third-order valence-corrected chi connectivity index (χ3v) is 7.43. The molecule has 1 aromatic heterocycles. The first-order valence-corrected chi connectivity index (χ1v) is 11.1. The monoisotopic (exact) mass is 403 g/mol. The number of thiazole rings is 1. The fourth-order valence-corrected chi connectivity index (χ4v) is 5.66. The Kier molecular flexibility index (Phi) is 3.75. The Balaban J connectivity index is 1.39. The molecule has 30 heavy (non-hydrogen) atoms. The molecule has 1 heterocycles. The van der Waals surface area contributed by atoms with Crippen LogP contribution in [0.25, 0.3) is 43.0 Å². The predicted octanol–water partition coefficient (Wildman–Crippen LogP) is 7.94. The normalized spacial score (nSPS) is 13.9. The molecule has 0 radical (unpaired) electrons. The van der Waals surface area contributed by atoms with Gasteiger partial charge in [0.1, 0.15) is 5.01 Å². The molecule has 5 aromatic rings. The van der Waals surface area contributed by atoms with Gasteiger partial charge in [0.05, 0.1) is 10.2 Å². The van der Waals surface area contributed by atoms with Crippen molar-refractivity contribution in [3.05, 3.63) is 102 Å². The molecular weight excluding hydrogens is 382 g/mol. The van der Waals surface area contributed by atoms with Crippen molar-refractivity contribution in [1.82, 2.24) is 4.98 Å². The third-order valence-electron chi connectivity index (χ3n) is 6.34. The molecule has 0 saturated carbocycles. The summed E-state index contributed by atoms with van der Waals surface area (Å²) < 4.78 is 1.23. The van der Waals surface area contributed by atoms with Crippen LogP contribution in [0.15, 0.2) is 91.0 Å². The van der Waals surface area contributed by atoms with Crippen molar-refractivity contribution in [3.63, 3.8) is 0 Å². The Morgan fingerprint density at radius 2 is 1.30 bits per heavy atom. The molecule has 0 bridgehead atoms. The largest absolute Gasteiger partial charge is 0.236 e. The van der Waals surface area contributed by atoms with Gasteiger partial charge >= 0.3 is 0 Å². The quantitative estimate of drug-likeness (QED) is 0.291. The van der Waals surface area contributed by atoms with Gasteiger partial charge in [-0.2, -0.15) is 0 Å². The van der Waals surface area contributed by atoms with Gasteiger partial charge < -0.3 is 0 Å². The zero-order valence-electron chi connectivity index (χ0n) is 17.0. The molecule has 0 fully saturated rings. The Bertz CT molecular complexity index is 1370. The number of aromatic nitrogens is 1. The Labute approximate surface area is 180 Å². The van der Waals surface area contributed by atoms with Crippen LogP contribution in [0, 0.1) is 0 Å². The average molecular weight is 404 g/mol. The summed E-state index contributed by atoms with van der Waals surface area (Å²) in [5.74, 6) is 0. The van der Waals surface area contributed by atoms with E-state index < -0.39 is 0 Å². The number of fused-ring (bicyclic) bond motifs is 4. The van der Waals surface area contributed by atoms with E-state index in [1.165, 1.54) is 43.6 Å². The minimum absolute atomic E-state index is 0.0306. The van der Waals surface area contributed by atoms with Crippen molar-refractivity contribution >= 4 is 21.6 Å². The molecule has 1 aliphatic carbocycles. The van der Waals surface area contributed by atoms with E-state index in [0.29, 0.717) is 0 Å². The van der Waals surface area contributed by atoms with E-state index in [2.05, 4.69) is 98.8 Å². The minimum atomic E-state index is 0.0306. The Hall–Kier alpha value is -3.23. The van der Waals surface area contributed by atoms with Crippen molar-refractivity contribution in [2.75, 3.05) is 0 Å². The number of hydrogen-bond donors (Lipinski definition) is 0. The molecule has 1 aliphatic rings. The number of benzene rings is 4. The van der Waals surface area contributed by atoms with Crippen LogP contribution < -0.4 is 0 Å². The van der Waals surface area contributed by atoms with E-state index in [1.54, 1.807) is 11.3 Å². The zero-order chi connectivity index (χ0) is 20.3. The molecule has 6 rings (SSSR count). The SMILES string of the molecule is CC1(C)c2ccccc2-c2ccc(-c3ccc(-c4nc5ccccc5s4)cc3)cc21. The van der Waals surface area contributed by atoms with Crippen LogP contribution in [0.3, 0.4) is 0 Å². The van der Waals surface area contributed by atoms with Crippen molar-refractivity contribution in [2.24, 2.45) is 0 Å². The van der Waals surface area contributed by atoms with Crippen molar-refractivity contribution in [2.45, 2.75) is 19.3 Å². The fraction of sp³-hybridized carbons (Fsp3) is 0.107. The van der Waals surface area contributed by atoms with Gasteiger partial charge in [-0.15, -0.1) is 11.3 Å². The van der Waals surface area contributed by atoms with E-state index in [4.69, 9.17) is 4.98 Å². The molecule has 0 atom stereocenters. The van der Waals surface area contributed by atoms with Crippen LogP contribution in [-0.4, -0.2) is 4.98 Å². The van der Waals surface area contributed by atoms with Gasteiger partial charge in [0.25, 0.3) is 0 Å².